The van der Waals surface area contributed by atoms with Gasteiger partial charge in [-0.3, -0.25) is 0 Å². The fourth-order valence-corrected chi connectivity index (χ4v) is 1.98. The van der Waals surface area contributed by atoms with Gasteiger partial charge >= 0.3 is 0 Å². The summed E-state index contributed by atoms with van der Waals surface area (Å²) >= 11 is 0. The molecule has 0 aliphatic rings. The molecule has 1 rings (SSSR count). The predicted molar refractivity (Wildman–Crippen MR) is 70.5 cm³/mol. The molecule has 3 heteroatoms. The Hall–Kier alpha value is -1.06. The van der Waals surface area contributed by atoms with Crippen molar-refractivity contribution in [1.82, 2.24) is 5.32 Å². The van der Waals surface area contributed by atoms with Crippen molar-refractivity contribution in [3.63, 3.8) is 0 Å². The van der Waals surface area contributed by atoms with E-state index in [9.17, 15) is 0 Å². The molecule has 0 radical (unpaired) electrons. The first-order valence-corrected chi connectivity index (χ1v) is 6.00. The number of ether oxygens (including phenoxy) is 2. The molecule has 0 saturated heterocycles. The summed E-state index contributed by atoms with van der Waals surface area (Å²) in [5.41, 5.74) is 0.907. The number of hydrogen-bond donors (Lipinski definition) is 1. The summed E-state index contributed by atoms with van der Waals surface area (Å²) in [5.74, 6) is 0.900. The minimum absolute atomic E-state index is 0.132. The molecule has 0 aliphatic heterocycles. The molecule has 1 N–H and O–H groups in total. The summed E-state index contributed by atoms with van der Waals surface area (Å²) in [6.07, 6.45) is 0. The van der Waals surface area contributed by atoms with Crippen LogP contribution >= 0.6 is 0 Å². The first-order chi connectivity index (χ1) is 8.05. The van der Waals surface area contributed by atoms with Gasteiger partial charge in [0.1, 0.15) is 5.75 Å². The van der Waals surface area contributed by atoms with Crippen LogP contribution in [0.3, 0.4) is 0 Å². The van der Waals surface area contributed by atoms with Crippen LogP contribution in [0.5, 0.6) is 5.75 Å². The maximum Gasteiger partial charge on any atom is 0.119 e. The van der Waals surface area contributed by atoms with Crippen molar-refractivity contribution >= 4 is 0 Å². The average Bonchev–Trinajstić information content (AvgIpc) is 2.30. The van der Waals surface area contributed by atoms with Crippen LogP contribution in [0.1, 0.15) is 32.4 Å². The highest BCUT2D eigenvalue weighted by Crippen LogP contribution is 2.29. The molecule has 3 nitrogen and oxygen atoms in total. The fourth-order valence-electron chi connectivity index (χ4n) is 1.98. The Balaban J connectivity index is 2.99. The molecule has 1 atom stereocenters. The zero-order valence-corrected chi connectivity index (χ0v) is 11.4. The van der Waals surface area contributed by atoms with E-state index in [1.54, 1.807) is 7.11 Å². The number of benzene rings is 1. The van der Waals surface area contributed by atoms with Gasteiger partial charge in [-0.05, 0) is 45.5 Å². The monoisotopic (exact) mass is 237 g/mol. The van der Waals surface area contributed by atoms with Crippen LogP contribution in [-0.2, 0) is 4.74 Å². The van der Waals surface area contributed by atoms with E-state index in [2.05, 4.69) is 31.3 Å². The second kappa shape index (κ2) is 6.03. The third-order valence-electron chi connectivity index (χ3n) is 3.01. The molecule has 0 aliphatic carbocycles. The minimum atomic E-state index is -0.264. The maximum atomic E-state index is 5.54. The van der Waals surface area contributed by atoms with Crippen molar-refractivity contribution in [2.45, 2.75) is 32.4 Å². The third-order valence-corrected chi connectivity index (χ3v) is 3.01. The van der Waals surface area contributed by atoms with Crippen molar-refractivity contribution < 1.29 is 9.47 Å². The molecular formula is C14H23NO2. The predicted octanol–water partition coefficient (Wildman–Crippen LogP) is 2.77. The van der Waals surface area contributed by atoms with Gasteiger partial charge in [0.05, 0.1) is 18.2 Å². The molecule has 1 aromatic carbocycles. The fraction of sp³-hybridized carbons (Fsp3) is 0.571. The first kappa shape index (κ1) is 14.0. The van der Waals surface area contributed by atoms with Crippen molar-refractivity contribution in [3.05, 3.63) is 29.8 Å². The standard InChI is InChI=1S/C14H23NO2/c1-6-17-12-9-7-8-11(10-12)13(15-4)14(2,3)16-5/h7-10,13,15H,6H2,1-5H3. The molecule has 96 valence electrons. The number of methoxy groups -OCH3 is 1. The lowest BCUT2D eigenvalue weighted by molar-refractivity contribution is -0.00902. The largest absolute Gasteiger partial charge is 0.494 e. The van der Waals surface area contributed by atoms with Gasteiger partial charge < -0.3 is 14.8 Å². The van der Waals surface area contributed by atoms with Crippen molar-refractivity contribution in [3.8, 4) is 5.75 Å². The molecule has 0 aromatic heterocycles. The highest BCUT2D eigenvalue weighted by atomic mass is 16.5. The van der Waals surface area contributed by atoms with E-state index in [0.717, 1.165) is 5.75 Å². The molecule has 17 heavy (non-hydrogen) atoms. The molecule has 0 bridgehead atoms. The van der Waals surface area contributed by atoms with E-state index in [0.29, 0.717) is 6.61 Å². The molecule has 0 fully saturated rings. The van der Waals surface area contributed by atoms with Gasteiger partial charge in [0.15, 0.2) is 0 Å². The minimum Gasteiger partial charge on any atom is -0.494 e. The molecule has 1 unspecified atom stereocenters. The van der Waals surface area contributed by atoms with Gasteiger partial charge in [-0.25, -0.2) is 0 Å². The third kappa shape index (κ3) is 3.45. The van der Waals surface area contributed by atoms with Gasteiger partial charge in [-0.15, -0.1) is 0 Å². The Morgan fingerprint density at radius 1 is 1.35 bits per heavy atom. The SMILES string of the molecule is CCOc1cccc(C(NC)C(C)(C)OC)c1. The van der Waals surface area contributed by atoms with E-state index < -0.39 is 0 Å². The van der Waals surface area contributed by atoms with Gasteiger partial charge in [-0.2, -0.15) is 0 Å². The lowest BCUT2D eigenvalue weighted by Crippen LogP contribution is -2.39. The van der Waals surface area contributed by atoms with Crippen LogP contribution in [0.25, 0.3) is 0 Å². The number of hydrogen-bond acceptors (Lipinski definition) is 3. The zero-order chi connectivity index (χ0) is 12.9. The average molecular weight is 237 g/mol. The van der Waals surface area contributed by atoms with Crippen molar-refractivity contribution in [2.24, 2.45) is 0 Å². The normalized spacial score (nSPS) is 13.5. The lowest BCUT2D eigenvalue weighted by atomic mass is 9.91. The highest BCUT2D eigenvalue weighted by molar-refractivity contribution is 5.32. The summed E-state index contributed by atoms with van der Waals surface area (Å²) in [6.45, 7) is 6.81. The smallest absolute Gasteiger partial charge is 0.119 e. The maximum absolute atomic E-state index is 5.54. The van der Waals surface area contributed by atoms with Crippen LogP contribution in [0.4, 0.5) is 0 Å². The molecule has 0 amide bonds. The first-order valence-electron chi connectivity index (χ1n) is 6.00. The van der Waals surface area contributed by atoms with E-state index in [1.165, 1.54) is 5.56 Å². The summed E-state index contributed by atoms with van der Waals surface area (Å²) in [7, 11) is 3.68. The zero-order valence-electron chi connectivity index (χ0n) is 11.4. The Bertz CT molecular complexity index is 350. The summed E-state index contributed by atoms with van der Waals surface area (Å²) in [6, 6.07) is 8.26. The molecular weight excluding hydrogens is 214 g/mol. The topological polar surface area (TPSA) is 30.5 Å². The van der Waals surface area contributed by atoms with Crippen LogP contribution < -0.4 is 10.1 Å². The quantitative estimate of drug-likeness (QED) is 0.825. The Morgan fingerprint density at radius 3 is 2.59 bits per heavy atom. The highest BCUT2D eigenvalue weighted by Gasteiger charge is 2.29. The van der Waals surface area contributed by atoms with Crippen LogP contribution in [-0.4, -0.2) is 26.4 Å². The summed E-state index contributed by atoms with van der Waals surface area (Å²) in [4.78, 5) is 0. The molecule has 0 spiro atoms. The van der Waals surface area contributed by atoms with E-state index in [1.807, 2.05) is 26.1 Å². The van der Waals surface area contributed by atoms with E-state index in [4.69, 9.17) is 9.47 Å². The van der Waals surface area contributed by atoms with Gasteiger partial charge in [-0.1, -0.05) is 12.1 Å². The molecule has 0 heterocycles. The van der Waals surface area contributed by atoms with Crippen LogP contribution in [0.2, 0.25) is 0 Å². The Kier molecular flexibility index (Phi) is 4.97. The summed E-state index contributed by atoms with van der Waals surface area (Å²) < 4.78 is 11.1. The van der Waals surface area contributed by atoms with Gasteiger partial charge in [0.2, 0.25) is 0 Å². The Labute approximate surface area is 104 Å². The second-order valence-corrected chi connectivity index (χ2v) is 4.53. The van der Waals surface area contributed by atoms with Gasteiger partial charge in [0.25, 0.3) is 0 Å². The van der Waals surface area contributed by atoms with Gasteiger partial charge in [0, 0.05) is 7.11 Å². The number of nitrogens with one attached hydrogen (secondary N) is 1. The number of rotatable bonds is 6. The van der Waals surface area contributed by atoms with E-state index in [-0.39, 0.29) is 11.6 Å². The Morgan fingerprint density at radius 2 is 2.06 bits per heavy atom. The lowest BCUT2D eigenvalue weighted by Gasteiger charge is -2.33. The van der Waals surface area contributed by atoms with Crippen molar-refractivity contribution in [1.29, 1.82) is 0 Å². The number of likely N-dealkylation sites (N-methyl/N-ethyl adjacent to an activating group) is 1. The van der Waals surface area contributed by atoms with Crippen LogP contribution in [0, 0.1) is 0 Å². The molecule has 1 aromatic rings. The van der Waals surface area contributed by atoms with Crippen LogP contribution in [0.15, 0.2) is 24.3 Å². The van der Waals surface area contributed by atoms with Crippen molar-refractivity contribution in [2.75, 3.05) is 20.8 Å². The van der Waals surface area contributed by atoms with E-state index >= 15 is 0 Å². The molecule has 0 saturated carbocycles. The summed E-state index contributed by atoms with van der Waals surface area (Å²) in [5, 5.41) is 3.30. The second-order valence-electron chi connectivity index (χ2n) is 4.53.